The number of hydrogen-bond donors (Lipinski definition) is 5. The van der Waals surface area contributed by atoms with Crippen LogP contribution >= 0.6 is 0 Å². The molecule has 0 aliphatic heterocycles. The molecule has 1 heterocycles. The van der Waals surface area contributed by atoms with Crippen LogP contribution in [0.5, 0.6) is 0 Å². The van der Waals surface area contributed by atoms with Gasteiger partial charge in [0, 0.05) is 25.3 Å². The molecule has 2 rings (SSSR count). The van der Waals surface area contributed by atoms with E-state index in [0.29, 0.717) is 36.6 Å². The summed E-state index contributed by atoms with van der Waals surface area (Å²) < 4.78 is 0. The van der Waals surface area contributed by atoms with Gasteiger partial charge in [-0.05, 0) is 51.3 Å². The van der Waals surface area contributed by atoms with Gasteiger partial charge in [0.15, 0.2) is 17.3 Å². The summed E-state index contributed by atoms with van der Waals surface area (Å²) in [5.41, 5.74) is 7.93. The molecule has 11 heteroatoms. The summed E-state index contributed by atoms with van der Waals surface area (Å²) in [6.45, 7) is 7.82. The molecule has 34 heavy (non-hydrogen) atoms. The second kappa shape index (κ2) is 11.8. The normalized spacial score (nSPS) is 11.6. The summed E-state index contributed by atoms with van der Waals surface area (Å²) in [6.07, 6.45) is -0.137. The third-order valence-electron chi connectivity index (χ3n) is 5.26. The molecule has 0 saturated carbocycles. The minimum atomic E-state index is -1.26. The number of benzene rings is 1. The zero-order valence-corrected chi connectivity index (χ0v) is 20.2. The van der Waals surface area contributed by atoms with E-state index < -0.39 is 23.9 Å². The van der Waals surface area contributed by atoms with Gasteiger partial charge in [-0.2, -0.15) is 0 Å². The summed E-state index contributed by atoms with van der Waals surface area (Å²) in [6, 6.07) is 6.77. The number of rotatable bonds is 11. The zero-order valence-electron chi connectivity index (χ0n) is 20.2. The van der Waals surface area contributed by atoms with Crippen LogP contribution < -0.4 is 26.6 Å². The molecule has 0 fully saturated rings. The number of nitrogens with zero attached hydrogens (tertiary/aromatic N) is 3. The van der Waals surface area contributed by atoms with Crippen molar-refractivity contribution in [1.82, 2.24) is 20.6 Å². The quantitative estimate of drug-likeness (QED) is 0.332. The number of anilines is 3. The van der Waals surface area contributed by atoms with E-state index in [1.165, 1.54) is 6.92 Å². The zero-order chi connectivity index (χ0) is 25.4. The Balaban J connectivity index is 2.20. The fourth-order valence-electron chi connectivity index (χ4n) is 3.16. The van der Waals surface area contributed by atoms with Crippen LogP contribution in [0.4, 0.5) is 22.1 Å². The van der Waals surface area contributed by atoms with Crippen LogP contribution in [0.1, 0.15) is 49.4 Å². The van der Waals surface area contributed by atoms with E-state index in [0.717, 1.165) is 5.56 Å². The molecule has 1 aromatic carbocycles. The summed E-state index contributed by atoms with van der Waals surface area (Å²) in [5.74, 6) is -0.138. The Labute approximate surface area is 199 Å². The molecule has 2 aromatic rings. The van der Waals surface area contributed by atoms with Crippen molar-refractivity contribution in [3.63, 3.8) is 0 Å². The van der Waals surface area contributed by atoms with Gasteiger partial charge in [0.2, 0.25) is 5.91 Å². The number of aryl methyl sites for hydroxylation is 1. The largest absolute Gasteiger partial charge is 0.465 e. The van der Waals surface area contributed by atoms with Crippen molar-refractivity contribution in [1.29, 1.82) is 0 Å². The number of carbonyl (C=O) groups excluding carboxylic acids is 2. The first-order chi connectivity index (χ1) is 16.0. The van der Waals surface area contributed by atoms with Crippen LogP contribution in [-0.2, 0) is 17.6 Å². The van der Waals surface area contributed by atoms with Crippen molar-refractivity contribution in [3.05, 3.63) is 41.2 Å². The van der Waals surface area contributed by atoms with Gasteiger partial charge in [-0.15, -0.1) is 0 Å². The van der Waals surface area contributed by atoms with Crippen LogP contribution in [0.25, 0.3) is 0 Å². The Morgan fingerprint density at radius 2 is 1.88 bits per heavy atom. The molecule has 0 spiro atoms. The lowest BCUT2D eigenvalue weighted by atomic mass is 10.1. The number of aromatic nitrogens is 2. The fourth-order valence-corrected chi connectivity index (χ4v) is 3.16. The van der Waals surface area contributed by atoms with E-state index in [-0.39, 0.29) is 17.6 Å². The second-order valence-electron chi connectivity index (χ2n) is 8.15. The molecule has 0 aliphatic rings. The molecule has 0 saturated heterocycles. The average Bonchev–Trinajstić information content (AvgIpc) is 2.77. The number of nitrogens with one attached hydrogen (secondary N) is 3. The predicted molar refractivity (Wildman–Crippen MR) is 131 cm³/mol. The van der Waals surface area contributed by atoms with E-state index >= 15 is 0 Å². The Hall–Kier alpha value is -3.89. The maximum Gasteiger partial charge on any atom is 0.405 e. The van der Waals surface area contributed by atoms with Gasteiger partial charge in [0.1, 0.15) is 6.04 Å². The highest BCUT2D eigenvalue weighted by Gasteiger charge is 2.20. The topological polar surface area (TPSA) is 163 Å². The number of carboxylic acid groups (broad SMARTS) is 1. The van der Waals surface area contributed by atoms with E-state index in [1.54, 1.807) is 0 Å². The maximum atomic E-state index is 12.1. The highest BCUT2D eigenvalue weighted by molar-refractivity contribution is 5.96. The van der Waals surface area contributed by atoms with Gasteiger partial charge < -0.3 is 31.7 Å². The molecule has 0 aliphatic carbocycles. The molecule has 1 atom stereocenters. The lowest BCUT2D eigenvalue weighted by Crippen LogP contribution is -2.44. The fraction of sp³-hybridized carbons (Fsp3) is 0.435. The van der Waals surface area contributed by atoms with E-state index in [4.69, 9.17) is 10.8 Å². The minimum absolute atomic E-state index is 0.0651. The minimum Gasteiger partial charge on any atom is -0.465 e. The van der Waals surface area contributed by atoms with E-state index in [2.05, 4.69) is 25.9 Å². The molecule has 0 bridgehead atoms. The van der Waals surface area contributed by atoms with Crippen LogP contribution in [0.3, 0.4) is 0 Å². The molecular formula is C23H33N7O4. The first-order valence-electron chi connectivity index (χ1n) is 11.1. The van der Waals surface area contributed by atoms with E-state index in [1.807, 2.05) is 57.0 Å². The van der Waals surface area contributed by atoms with Gasteiger partial charge in [0.25, 0.3) is 5.91 Å². The van der Waals surface area contributed by atoms with Crippen LogP contribution in [0.15, 0.2) is 24.3 Å². The number of nitrogens with two attached hydrogens (primary N) is 1. The summed E-state index contributed by atoms with van der Waals surface area (Å²) in [4.78, 5) is 45.8. The number of carbonyl (C=O) groups is 3. The van der Waals surface area contributed by atoms with Crippen molar-refractivity contribution >= 4 is 35.2 Å². The van der Waals surface area contributed by atoms with Gasteiger partial charge in [0.05, 0.1) is 5.69 Å². The standard InChI is InChI=1S/C23H33N7O4/c1-6-17-21(30(5)13(2)3)29-20(18(28-17)19(24)31)27-16-9-7-8-15(12-16)10-11-25-22(32)14(4)26-23(33)34/h7-9,12-14,26H,6,10-11H2,1-5H3,(H2,24,31)(H,25,32)(H,27,29)(H,33,34)/t14-/m0/s1. The van der Waals surface area contributed by atoms with Crippen molar-refractivity contribution in [2.75, 3.05) is 23.8 Å². The number of amides is 3. The monoisotopic (exact) mass is 471 g/mol. The maximum absolute atomic E-state index is 12.1. The first kappa shape index (κ1) is 26.4. The Kier molecular flexibility index (Phi) is 9.17. The van der Waals surface area contributed by atoms with Gasteiger partial charge in [-0.25, -0.2) is 14.8 Å². The summed E-state index contributed by atoms with van der Waals surface area (Å²) in [7, 11) is 1.92. The highest BCUT2D eigenvalue weighted by atomic mass is 16.4. The van der Waals surface area contributed by atoms with Crippen molar-refractivity contribution in [2.45, 2.75) is 52.6 Å². The third kappa shape index (κ3) is 7.06. The molecule has 3 amide bonds. The molecule has 1 aromatic heterocycles. The molecule has 184 valence electrons. The van der Waals surface area contributed by atoms with Crippen molar-refractivity contribution in [3.8, 4) is 0 Å². The SMILES string of the molecule is CCc1nc(C(N)=O)c(Nc2cccc(CCNC(=O)[C@H](C)NC(=O)O)c2)nc1N(C)C(C)C. The number of hydrogen-bond acceptors (Lipinski definition) is 7. The molecule has 0 unspecified atom stereocenters. The molecule has 0 radical (unpaired) electrons. The Morgan fingerprint density at radius 3 is 2.47 bits per heavy atom. The lowest BCUT2D eigenvalue weighted by molar-refractivity contribution is -0.122. The average molecular weight is 472 g/mol. The molecule has 11 nitrogen and oxygen atoms in total. The van der Waals surface area contributed by atoms with Gasteiger partial charge in [-0.1, -0.05) is 19.1 Å². The van der Waals surface area contributed by atoms with Gasteiger partial charge in [-0.3, -0.25) is 9.59 Å². The Bertz CT molecular complexity index is 1040. The van der Waals surface area contributed by atoms with E-state index in [9.17, 15) is 14.4 Å². The Morgan fingerprint density at radius 1 is 1.18 bits per heavy atom. The van der Waals surface area contributed by atoms with Crippen molar-refractivity contribution in [2.24, 2.45) is 5.73 Å². The summed E-state index contributed by atoms with van der Waals surface area (Å²) in [5, 5.41) is 16.7. The number of primary amides is 1. The first-order valence-corrected chi connectivity index (χ1v) is 11.1. The predicted octanol–water partition coefficient (Wildman–Crippen LogP) is 2.04. The second-order valence-corrected chi connectivity index (χ2v) is 8.15. The highest BCUT2D eigenvalue weighted by Crippen LogP contribution is 2.25. The van der Waals surface area contributed by atoms with Gasteiger partial charge >= 0.3 is 6.09 Å². The van der Waals surface area contributed by atoms with Crippen LogP contribution in [0, 0.1) is 0 Å². The van der Waals surface area contributed by atoms with Crippen LogP contribution in [0.2, 0.25) is 0 Å². The molecule has 6 N–H and O–H groups in total. The lowest BCUT2D eigenvalue weighted by Gasteiger charge is -2.25. The summed E-state index contributed by atoms with van der Waals surface area (Å²) >= 11 is 0. The van der Waals surface area contributed by atoms with Crippen LogP contribution in [-0.4, -0.2) is 58.7 Å². The third-order valence-corrected chi connectivity index (χ3v) is 5.26. The van der Waals surface area contributed by atoms with Crippen molar-refractivity contribution < 1.29 is 19.5 Å². The molecular weight excluding hydrogens is 438 g/mol. The smallest absolute Gasteiger partial charge is 0.405 e.